The van der Waals surface area contributed by atoms with Crippen LogP contribution in [0.15, 0.2) is 0 Å². The van der Waals surface area contributed by atoms with Crippen molar-refractivity contribution in [3.8, 4) is 0 Å². The van der Waals surface area contributed by atoms with Crippen LogP contribution in [0, 0.1) is 5.92 Å². The van der Waals surface area contributed by atoms with Gasteiger partial charge in [-0.25, -0.2) is 0 Å². The zero-order valence-corrected chi connectivity index (χ0v) is 6.97. The number of halogens is 1. The van der Waals surface area contributed by atoms with Gasteiger partial charge in [0, 0.05) is 13.2 Å². The van der Waals surface area contributed by atoms with Gasteiger partial charge in [-0.05, 0) is 12.8 Å². The van der Waals surface area contributed by atoms with E-state index >= 15 is 0 Å². The van der Waals surface area contributed by atoms with Crippen LogP contribution in [0.5, 0.6) is 0 Å². The Kier molecular flexibility index (Phi) is 3.66. The third-order valence-electron chi connectivity index (χ3n) is 1.75. The standard InChI is InChI=1S/C7H11ClO3/c8-5-11-7(9)6-1-3-10-4-2-6/h6H,1-5H2. The second-order valence-corrected chi connectivity index (χ2v) is 2.68. The Morgan fingerprint density at radius 1 is 1.55 bits per heavy atom. The second kappa shape index (κ2) is 4.57. The van der Waals surface area contributed by atoms with Gasteiger partial charge in [0.15, 0.2) is 6.07 Å². The molecule has 0 atom stereocenters. The van der Waals surface area contributed by atoms with Gasteiger partial charge in [0.1, 0.15) is 0 Å². The first-order chi connectivity index (χ1) is 5.34. The molecule has 0 spiro atoms. The molecule has 0 bridgehead atoms. The maximum atomic E-state index is 11.0. The number of hydrogen-bond donors (Lipinski definition) is 0. The molecule has 1 rings (SSSR count). The number of esters is 1. The first kappa shape index (κ1) is 8.81. The summed E-state index contributed by atoms with van der Waals surface area (Å²) in [5, 5.41) is 0. The lowest BCUT2D eigenvalue weighted by atomic mass is 10.0. The van der Waals surface area contributed by atoms with Crippen molar-refractivity contribution < 1.29 is 14.3 Å². The number of hydrogen-bond acceptors (Lipinski definition) is 3. The van der Waals surface area contributed by atoms with Gasteiger partial charge in [-0.3, -0.25) is 4.79 Å². The van der Waals surface area contributed by atoms with E-state index in [1.54, 1.807) is 0 Å². The van der Waals surface area contributed by atoms with Crippen LogP contribution in [0.25, 0.3) is 0 Å². The van der Waals surface area contributed by atoms with Gasteiger partial charge in [-0.2, -0.15) is 0 Å². The lowest BCUT2D eigenvalue weighted by Crippen LogP contribution is -2.24. The fourth-order valence-corrected chi connectivity index (χ4v) is 1.21. The maximum absolute atomic E-state index is 11.0. The summed E-state index contributed by atoms with van der Waals surface area (Å²) < 4.78 is 9.74. The lowest BCUT2D eigenvalue weighted by molar-refractivity contribution is -0.149. The van der Waals surface area contributed by atoms with Crippen LogP contribution in [0.1, 0.15) is 12.8 Å². The number of alkyl halides is 1. The number of carbonyl (C=O) groups is 1. The number of carbonyl (C=O) groups excluding carboxylic acids is 1. The van der Waals surface area contributed by atoms with E-state index < -0.39 is 0 Å². The Hall–Kier alpha value is -0.280. The van der Waals surface area contributed by atoms with Crippen molar-refractivity contribution in [1.82, 2.24) is 0 Å². The lowest BCUT2D eigenvalue weighted by Gasteiger charge is -2.19. The van der Waals surface area contributed by atoms with E-state index in [1.165, 1.54) is 0 Å². The number of rotatable bonds is 2. The molecule has 1 saturated heterocycles. The van der Waals surface area contributed by atoms with Gasteiger partial charge < -0.3 is 9.47 Å². The zero-order valence-electron chi connectivity index (χ0n) is 6.22. The van der Waals surface area contributed by atoms with Crippen LogP contribution in [-0.2, 0) is 14.3 Å². The van der Waals surface area contributed by atoms with Crippen molar-refractivity contribution in [3.63, 3.8) is 0 Å². The molecule has 0 aromatic heterocycles. The van der Waals surface area contributed by atoms with E-state index in [1.807, 2.05) is 0 Å². The summed E-state index contributed by atoms with van der Waals surface area (Å²) in [5.74, 6) is -0.189. The summed E-state index contributed by atoms with van der Waals surface area (Å²) >= 11 is 5.24. The molecule has 1 aliphatic heterocycles. The van der Waals surface area contributed by atoms with Gasteiger partial charge in [0.25, 0.3) is 0 Å². The minimum Gasteiger partial charge on any atom is -0.449 e. The molecular weight excluding hydrogens is 168 g/mol. The predicted molar refractivity (Wildman–Crippen MR) is 40.4 cm³/mol. The first-order valence-corrected chi connectivity index (χ1v) is 4.18. The third kappa shape index (κ3) is 2.67. The van der Waals surface area contributed by atoms with Crippen LogP contribution in [0.3, 0.4) is 0 Å². The molecule has 0 N–H and O–H groups in total. The van der Waals surface area contributed by atoms with Crippen molar-refractivity contribution in [2.75, 3.05) is 19.3 Å². The molecule has 0 radical (unpaired) electrons. The number of ether oxygens (including phenoxy) is 2. The van der Waals surface area contributed by atoms with Gasteiger partial charge >= 0.3 is 5.97 Å². The van der Waals surface area contributed by atoms with E-state index in [0.29, 0.717) is 13.2 Å². The topological polar surface area (TPSA) is 35.5 Å². The van der Waals surface area contributed by atoms with Crippen molar-refractivity contribution >= 4 is 17.6 Å². The summed E-state index contributed by atoms with van der Waals surface area (Å²) in [6, 6.07) is -0.0454. The molecule has 1 heterocycles. The summed E-state index contributed by atoms with van der Waals surface area (Å²) in [4.78, 5) is 11.0. The second-order valence-electron chi connectivity index (χ2n) is 2.46. The molecule has 11 heavy (non-hydrogen) atoms. The van der Waals surface area contributed by atoms with Crippen LogP contribution in [-0.4, -0.2) is 25.2 Å². The molecule has 0 amide bonds. The molecule has 0 saturated carbocycles. The normalized spacial score (nSPS) is 19.7. The first-order valence-electron chi connectivity index (χ1n) is 3.65. The van der Waals surface area contributed by atoms with Crippen molar-refractivity contribution in [2.45, 2.75) is 12.8 Å². The Morgan fingerprint density at radius 2 is 2.18 bits per heavy atom. The van der Waals surface area contributed by atoms with E-state index in [9.17, 15) is 4.79 Å². The molecule has 0 aliphatic carbocycles. The van der Waals surface area contributed by atoms with Gasteiger partial charge in [-0.15, -0.1) is 0 Å². The van der Waals surface area contributed by atoms with Gasteiger partial charge in [0.2, 0.25) is 0 Å². The molecule has 0 aromatic carbocycles. The molecular formula is C7H11ClO3. The summed E-state index contributed by atoms with van der Waals surface area (Å²) in [6.07, 6.45) is 1.52. The van der Waals surface area contributed by atoms with Gasteiger partial charge in [-0.1, -0.05) is 11.6 Å². The molecule has 1 aliphatic rings. The average Bonchev–Trinajstić information content (AvgIpc) is 2.07. The van der Waals surface area contributed by atoms with Gasteiger partial charge in [0.05, 0.1) is 5.92 Å². The minimum atomic E-state index is -0.191. The Balaban J connectivity index is 2.27. The average molecular weight is 179 g/mol. The minimum absolute atomic E-state index is 0.00231. The maximum Gasteiger partial charge on any atom is 0.310 e. The highest BCUT2D eigenvalue weighted by Crippen LogP contribution is 2.15. The van der Waals surface area contributed by atoms with Crippen molar-refractivity contribution in [3.05, 3.63) is 0 Å². The molecule has 4 heteroatoms. The Labute approximate surface area is 70.6 Å². The monoisotopic (exact) mass is 178 g/mol. The predicted octanol–water partition coefficient (Wildman–Crippen LogP) is 1.15. The highest BCUT2D eigenvalue weighted by Gasteiger charge is 2.22. The van der Waals surface area contributed by atoms with Crippen molar-refractivity contribution in [2.24, 2.45) is 5.92 Å². The van der Waals surface area contributed by atoms with E-state index in [-0.39, 0.29) is 18.0 Å². The van der Waals surface area contributed by atoms with E-state index in [4.69, 9.17) is 16.3 Å². The van der Waals surface area contributed by atoms with Crippen LogP contribution in [0.2, 0.25) is 0 Å². The Bertz CT molecular complexity index is 132. The largest absolute Gasteiger partial charge is 0.449 e. The molecule has 0 aromatic rings. The summed E-state index contributed by atoms with van der Waals surface area (Å²) in [6.45, 7) is 1.31. The van der Waals surface area contributed by atoms with Crippen LogP contribution >= 0.6 is 11.6 Å². The molecule has 64 valence electrons. The SMILES string of the molecule is O=C(OCCl)C1CCOCC1. The van der Waals surface area contributed by atoms with E-state index in [0.717, 1.165) is 12.8 Å². The third-order valence-corrected chi connectivity index (χ3v) is 1.86. The smallest absolute Gasteiger partial charge is 0.310 e. The molecule has 1 fully saturated rings. The van der Waals surface area contributed by atoms with Crippen LogP contribution in [0.4, 0.5) is 0 Å². The van der Waals surface area contributed by atoms with Crippen LogP contribution < -0.4 is 0 Å². The Morgan fingerprint density at radius 3 is 2.73 bits per heavy atom. The molecule has 0 unspecified atom stereocenters. The highest BCUT2D eigenvalue weighted by atomic mass is 35.5. The summed E-state index contributed by atoms with van der Waals surface area (Å²) in [7, 11) is 0. The van der Waals surface area contributed by atoms with Crippen molar-refractivity contribution in [1.29, 1.82) is 0 Å². The highest BCUT2D eigenvalue weighted by molar-refractivity contribution is 6.17. The van der Waals surface area contributed by atoms with E-state index in [2.05, 4.69) is 4.74 Å². The fourth-order valence-electron chi connectivity index (χ4n) is 1.10. The summed E-state index contributed by atoms with van der Waals surface area (Å²) in [5.41, 5.74) is 0. The fraction of sp³-hybridized carbons (Fsp3) is 0.857. The quantitative estimate of drug-likeness (QED) is 0.470. The molecule has 3 nitrogen and oxygen atoms in total. The zero-order chi connectivity index (χ0) is 8.10.